The summed E-state index contributed by atoms with van der Waals surface area (Å²) in [5, 5.41) is 0. The molecule has 0 atom stereocenters. The van der Waals surface area contributed by atoms with Gasteiger partial charge in [0.05, 0.1) is 0 Å². The number of anilines is 2. The highest BCUT2D eigenvalue weighted by Gasteiger charge is 2.11. The number of nitrogens with zero attached hydrogens (tertiary/aromatic N) is 1. The van der Waals surface area contributed by atoms with E-state index in [2.05, 4.69) is 60.9 Å². The molecular formula is C22H27N. The van der Waals surface area contributed by atoms with Crippen molar-refractivity contribution in [2.24, 2.45) is 0 Å². The van der Waals surface area contributed by atoms with Gasteiger partial charge in [-0.25, -0.2) is 0 Å². The summed E-state index contributed by atoms with van der Waals surface area (Å²) in [6.07, 6.45) is 8.00. The fourth-order valence-electron chi connectivity index (χ4n) is 2.15. The largest absolute Gasteiger partial charge is 0.311 e. The quantitative estimate of drug-likeness (QED) is 0.549. The van der Waals surface area contributed by atoms with Gasteiger partial charge in [-0.1, -0.05) is 68.5 Å². The van der Waals surface area contributed by atoms with Gasteiger partial charge in [0.15, 0.2) is 0 Å². The van der Waals surface area contributed by atoms with E-state index in [4.69, 9.17) is 0 Å². The van der Waals surface area contributed by atoms with E-state index in [0.29, 0.717) is 0 Å². The lowest BCUT2D eigenvalue weighted by Gasteiger charge is -2.26. The Kier molecular flexibility index (Phi) is 8.23. The molecule has 2 aromatic rings. The molecule has 0 heterocycles. The molecule has 0 aliphatic carbocycles. The Morgan fingerprint density at radius 1 is 0.913 bits per heavy atom. The molecule has 0 unspecified atom stereocenters. The number of hydrogen-bond acceptors (Lipinski definition) is 1. The molecule has 0 aromatic heterocycles. The molecule has 2 aromatic carbocycles. The lowest BCUT2D eigenvalue weighted by molar-refractivity contribution is 1.21. The number of allylic oxidation sites excluding steroid dienone is 4. The predicted octanol–water partition coefficient (Wildman–Crippen LogP) is 6.81. The summed E-state index contributed by atoms with van der Waals surface area (Å²) in [6, 6.07) is 18.9. The molecule has 0 amide bonds. The van der Waals surface area contributed by atoms with Crippen LogP contribution in [0.4, 0.5) is 11.4 Å². The zero-order chi connectivity index (χ0) is 17.1. The lowest BCUT2D eigenvalue weighted by Crippen LogP contribution is -2.14. The van der Waals surface area contributed by atoms with Crippen LogP contribution in [-0.4, -0.2) is 0 Å². The van der Waals surface area contributed by atoms with Crippen LogP contribution in [0.5, 0.6) is 0 Å². The zero-order valence-electron chi connectivity index (χ0n) is 14.7. The van der Waals surface area contributed by atoms with E-state index in [1.165, 1.54) is 5.56 Å². The summed E-state index contributed by atoms with van der Waals surface area (Å²) in [5.74, 6) is 0. The second kappa shape index (κ2) is 10.2. The number of aryl methyl sites for hydroxylation is 1. The van der Waals surface area contributed by atoms with Crippen LogP contribution in [-0.2, 0) is 0 Å². The van der Waals surface area contributed by atoms with Crippen molar-refractivity contribution in [2.45, 2.75) is 27.7 Å². The van der Waals surface area contributed by atoms with Crippen LogP contribution in [0, 0.1) is 6.92 Å². The maximum absolute atomic E-state index is 3.96. The third-order valence-corrected chi connectivity index (χ3v) is 3.23. The third kappa shape index (κ3) is 5.30. The van der Waals surface area contributed by atoms with E-state index in [1.54, 1.807) is 0 Å². The summed E-state index contributed by atoms with van der Waals surface area (Å²) < 4.78 is 0. The molecule has 1 nitrogen and oxygen atoms in total. The number of rotatable bonds is 5. The second-order valence-electron chi connectivity index (χ2n) is 4.83. The van der Waals surface area contributed by atoms with Crippen LogP contribution in [0.1, 0.15) is 26.3 Å². The minimum absolute atomic E-state index is 1.04. The molecule has 0 radical (unpaired) electrons. The van der Waals surface area contributed by atoms with E-state index < -0.39 is 0 Å². The first kappa shape index (κ1) is 18.5. The molecule has 120 valence electrons. The SMILES string of the molecule is C=C/C(=C\C=C/C)N(c1ccccc1)c1ccc(C)cc1.CC. The summed E-state index contributed by atoms with van der Waals surface area (Å²) in [7, 11) is 0. The van der Waals surface area contributed by atoms with Crippen molar-refractivity contribution in [3.63, 3.8) is 0 Å². The molecule has 2 rings (SSSR count). The highest BCUT2D eigenvalue weighted by molar-refractivity contribution is 5.70. The van der Waals surface area contributed by atoms with Crippen molar-refractivity contribution >= 4 is 11.4 Å². The standard InChI is InChI=1S/C20H21N.C2H6/c1-4-6-10-18(5-2)21(19-11-8-7-9-12-19)20-15-13-17(3)14-16-20;1-2/h4-16H,2H2,1,3H3;1-2H3/b6-4-,18-10+;. The van der Waals surface area contributed by atoms with Crippen LogP contribution in [0.25, 0.3) is 0 Å². The molecule has 0 fully saturated rings. The summed E-state index contributed by atoms with van der Waals surface area (Å²) in [6.45, 7) is 12.1. The highest BCUT2D eigenvalue weighted by atomic mass is 15.1. The molecule has 0 saturated heterocycles. The number of benzene rings is 2. The molecule has 0 aliphatic heterocycles. The molecule has 0 spiro atoms. The molecule has 0 N–H and O–H groups in total. The second-order valence-corrected chi connectivity index (χ2v) is 4.83. The highest BCUT2D eigenvalue weighted by Crippen LogP contribution is 2.30. The first-order valence-corrected chi connectivity index (χ1v) is 8.13. The molecule has 23 heavy (non-hydrogen) atoms. The van der Waals surface area contributed by atoms with Gasteiger partial charge >= 0.3 is 0 Å². The Balaban J connectivity index is 0.00000127. The van der Waals surface area contributed by atoms with E-state index >= 15 is 0 Å². The van der Waals surface area contributed by atoms with Gasteiger partial charge in [-0.3, -0.25) is 0 Å². The van der Waals surface area contributed by atoms with E-state index in [-0.39, 0.29) is 0 Å². The molecule has 1 heteroatoms. The fraction of sp³-hybridized carbons (Fsp3) is 0.182. The number of para-hydroxylation sites is 1. The minimum Gasteiger partial charge on any atom is -0.311 e. The van der Waals surface area contributed by atoms with Crippen molar-refractivity contribution in [3.8, 4) is 0 Å². The van der Waals surface area contributed by atoms with Gasteiger partial charge in [-0.05, 0) is 50.3 Å². The average molecular weight is 305 g/mol. The van der Waals surface area contributed by atoms with Crippen LogP contribution >= 0.6 is 0 Å². The van der Waals surface area contributed by atoms with Crippen LogP contribution in [0.15, 0.2) is 91.2 Å². The Bertz CT molecular complexity index is 633. The molecule has 0 aliphatic rings. The van der Waals surface area contributed by atoms with Crippen molar-refractivity contribution < 1.29 is 0 Å². The van der Waals surface area contributed by atoms with Crippen LogP contribution < -0.4 is 4.90 Å². The van der Waals surface area contributed by atoms with Gasteiger partial charge in [0.25, 0.3) is 0 Å². The lowest BCUT2D eigenvalue weighted by atomic mass is 10.1. The maximum Gasteiger partial charge on any atom is 0.0461 e. The summed E-state index contributed by atoms with van der Waals surface area (Å²) in [5.41, 5.74) is 4.55. The molecule has 0 bridgehead atoms. The normalized spacial score (nSPS) is 10.9. The zero-order valence-corrected chi connectivity index (χ0v) is 14.7. The van der Waals surface area contributed by atoms with Crippen LogP contribution in [0.3, 0.4) is 0 Å². The first-order chi connectivity index (χ1) is 11.3. The van der Waals surface area contributed by atoms with E-state index in [0.717, 1.165) is 17.1 Å². The van der Waals surface area contributed by atoms with E-state index in [1.807, 2.05) is 57.2 Å². The van der Waals surface area contributed by atoms with Crippen molar-refractivity contribution in [1.29, 1.82) is 0 Å². The first-order valence-electron chi connectivity index (χ1n) is 8.13. The topological polar surface area (TPSA) is 3.24 Å². The average Bonchev–Trinajstić information content (AvgIpc) is 2.62. The predicted molar refractivity (Wildman–Crippen MR) is 104 cm³/mol. The van der Waals surface area contributed by atoms with Gasteiger partial charge in [0.1, 0.15) is 0 Å². The third-order valence-electron chi connectivity index (χ3n) is 3.23. The van der Waals surface area contributed by atoms with Gasteiger partial charge in [0.2, 0.25) is 0 Å². The van der Waals surface area contributed by atoms with Crippen molar-refractivity contribution in [2.75, 3.05) is 4.90 Å². The molecule has 0 saturated carbocycles. The van der Waals surface area contributed by atoms with Gasteiger partial charge in [-0.15, -0.1) is 0 Å². The Morgan fingerprint density at radius 2 is 1.48 bits per heavy atom. The number of hydrogen-bond donors (Lipinski definition) is 0. The smallest absolute Gasteiger partial charge is 0.0461 e. The van der Waals surface area contributed by atoms with Gasteiger partial charge < -0.3 is 4.90 Å². The molecular weight excluding hydrogens is 278 g/mol. The minimum atomic E-state index is 1.04. The monoisotopic (exact) mass is 305 g/mol. The van der Waals surface area contributed by atoms with E-state index in [9.17, 15) is 0 Å². The Hall–Kier alpha value is -2.54. The fourth-order valence-corrected chi connectivity index (χ4v) is 2.15. The van der Waals surface area contributed by atoms with Gasteiger partial charge in [-0.2, -0.15) is 0 Å². The van der Waals surface area contributed by atoms with Crippen molar-refractivity contribution in [1.82, 2.24) is 0 Å². The van der Waals surface area contributed by atoms with Gasteiger partial charge in [0, 0.05) is 17.1 Å². The van der Waals surface area contributed by atoms with Crippen LogP contribution in [0.2, 0.25) is 0 Å². The Labute approximate surface area is 141 Å². The summed E-state index contributed by atoms with van der Waals surface area (Å²) in [4.78, 5) is 2.20. The maximum atomic E-state index is 3.96. The Morgan fingerprint density at radius 3 is 2.00 bits per heavy atom. The van der Waals surface area contributed by atoms with Crippen molar-refractivity contribution in [3.05, 3.63) is 96.7 Å². The summed E-state index contributed by atoms with van der Waals surface area (Å²) >= 11 is 0.